The maximum Gasteiger partial charge on any atom is 0.294 e. The fourth-order valence-corrected chi connectivity index (χ4v) is 2.84. The molecule has 7 nitrogen and oxygen atoms in total. The van der Waals surface area contributed by atoms with Crippen LogP contribution in [0.2, 0.25) is 0 Å². The number of halogens is 1. The Balaban J connectivity index is 1.50. The number of rotatable bonds is 4. The Morgan fingerprint density at radius 2 is 2.08 bits per heavy atom. The summed E-state index contributed by atoms with van der Waals surface area (Å²) in [4.78, 5) is 30.0. The summed E-state index contributed by atoms with van der Waals surface area (Å²) in [6, 6.07) is 5.26. The van der Waals surface area contributed by atoms with Gasteiger partial charge in [-0.1, -0.05) is 12.1 Å². The Morgan fingerprint density at radius 3 is 2.77 bits per heavy atom. The second kappa shape index (κ2) is 6.53. The second-order valence-electron chi connectivity index (χ2n) is 6.84. The summed E-state index contributed by atoms with van der Waals surface area (Å²) in [6.45, 7) is 2.84. The number of hydrogen-bond donors (Lipinski definition) is 1. The number of hydrogen-bond acceptors (Lipinski definition) is 5. The van der Waals surface area contributed by atoms with Crippen LogP contribution >= 0.6 is 0 Å². The van der Waals surface area contributed by atoms with Gasteiger partial charge < -0.3 is 9.84 Å². The molecule has 1 aromatic heterocycles. The van der Waals surface area contributed by atoms with Crippen LogP contribution in [0.5, 0.6) is 0 Å². The van der Waals surface area contributed by atoms with Crippen LogP contribution in [0.4, 0.5) is 10.1 Å². The van der Waals surface area contributed by atoms with E-state index in [1.807, 2.05) is 6.92 Å². The van der Waals surface area contributed by atoms with Gasteiger partial charge in [-0.15, -0.1) is 0 Å². The largest absolute Gasteiger partial charge is 0.351 e. The first-order chi connectivity index (χ1) is 12.5. The number of hydroxylamine groups is 2. The zero-order valence-corrected chi connectivity index (χ0v) is 14.2. The van der Waals surface area contributed by atoms with Crippen LogP contribution < -0.4 is 5.32 Å². The predicted molar refractivity (Wildman–Crippen MR) is 89.0 cm³/mol. The van der Waals surface area contributed by atoms with Crippen LogP contribution in [0.15, 0.2) is 28.8 Å². The molecule has 2 amide bonds. The van der Waals surface area contributed by atoms with Gasteiger partial charge in [-0.25, -0.2) is 9.45 Å². The lowest BCUT2D eigenvalue weighted by molar-refractivity contribution is -0.0772. The monoisotopic (exact) mass is 359 g/mol. The molecule has 1 saturated carbocycles. The molecule has 4 rings (SSSR count). The molecule has 1 aliphatic carbocycles. The minimum Gasteiger partial charge on any atom is -0.351 e. The number of nitrogens with one attached hydrogen (secondary N) is 1. The first-order valence-corrected chi connectivity index (χ1v) is 8.53. The van der Waals surface area contributed by atoms with Crippen LogP contribution in [-0.2, 0) is 4.84 Å². The van der Waals surface area contributed by atoms with Crippen LogP contribution in [0.1, 0.15) is 52.3 Å². The number of benzene rings is 1. The lowest BCUT2D eigenvalue weighted by Crippen LogP contribution is -2.27. The van der Waals surface area contributed by atoms with E-state index >= 15 is 0 Å². The highest BCUT2D eigenvalue weighted by molar-refractivity contribution is 6.03. The zero-order chi connectivity index (χ0) is 18.3. The zero-order valence-electron chi connectivity index (χ0n) is 14.2. The van der Waals surface area contributed by atoms with Crippen molar-refractivity contribution in [1.29, 1.82) is 0 Å². The predicted octanol–water partition coefficient (Wildman–Crippen LogP) is 2.97. The van der Waals surface area contributed by atoms with E-state index in [-0.39, 0.29) is 22.9 Å². The van der Waals surface area contributed by atoms with Gasteiger partial charge in [-0.2, -0.15) is 0 Å². The summed E-state index contributed by atoms with van der Waals surface area (Å²) in [7, 11) is 0. The van der Waals surface area contributed by atoms with E-state index in [0.29, 0.717) is 19.1 Å². The molecule has 1 aromatic carbocycles. The molecule has 2 aromatic rings. The van der Waals surface area contributed by atoms with Crippen LogP contribution in [-0.4, -0.2) is 35.2 Å². The van der Waals surface area contributed by atoms with Crippen LogP contribution in [0.3, 0.4) is 0 Å². The van der Waals surface area contributed by atoms with E-state index in [4.69, 9.17) is 9.36 Å². The van der Waals surface area contributed by atoms with Gasteiger partial charge in [0.15, 0.2) is 0 Å². The second-order valence-corrected chi connectivity index (χ2v) is 6.84. The highest BCUT2D eigenvalue weighted by atomic mass is 19.1. The number of carbonyl (C=O) groups is 2. The summed E-state index contributed by atoms with van der Waals surface area (Å²) < 4.78 is 19.0. The third-order valence-electron chi connectivity index (χ3n) is 4.37. The summed E-state index contributed by atoms with van der Waals surface area (Å²) in [6.07, 6.45) is 2.08. The molecule has 1 unspecified atom stereocenters. The van der Waals surface area contributed by atoms with Crippen molar-refractivity contribution in [2.45, 2.75) is 25.7 Å². The van der Waals surface area contributed by atoms with E-state index in [0.717, 1.165) is 30.7 Å². The fraction of sp³-hybridized carbons (Fsp3) is 0.389. The molecule has 26 heavy (non-hydrogen) atoms. The average molecular weight is 359 g/mol. The van der Waals surface area contributed by atoms with E-state index in [2.05, 4.69) is 10.5 Å². The van der Waals surface area contributed by atoms with E-state index in [9.17, 15) is 14.0 Å². The van der Waals surface area contributed by atoms with Crippen molar-refractivity contribution in [1.82, 2.24) is 10.2 Å². The molecular weight excluding hydrogens is 341 g/mol. The van der Waals surface area contributed by atoms with E-state index < -0.39 is 17.6 Å². The molecule has 2 aliphatic rings. The van der Waals surface area contributed by atoms with Crippen LogP contribution in [0, 0.1) is 11.7 Å². The van der Waals surface area contributed by atoms with Gasteiger partial charge >= 0.3 is 0 Å². The molecule has 0 spiro atoms. The lowest BCUT2D eigenvalue weighted by atomic mass is 10.1. The SMILES string of the molecule is CC1CON(C(=O)c2cc(F)cc(NC(=O)c3cc(C4CC4)no3)c2)C1. The summed E-state index contributed by atoms with van der Waals surface area (Å²) in [5, 5.41) is 7.63. The normalized spacial score (nSPS) is 19.6. The summed E-state index contributed by atoms with van der Waals surface area (Å²) in [5.74, 6) is -0.977. The first-order valence-electron chi connectivity index (χ1n) is 8.53. The number of anilines is 1. The van der Waals surface area contributed by atoms with Crippen molar-refractivity contribution in [3.63, 3.8) is 0 Å². The van der Waals surface area contributed by atoms with Crippen molar-refractivity contribution in [2.24, 2.45) is 5.92 Å². The average Bonchev–Trinajstić information content (AvgIpc) is 3.16. The van der Waals surface area contributed by atoms with Gasteiger partial charge in [-0.3, -0.25) is 14.4 Å². The van der Waals surface area contributed by atoms with Gasteiger partial charge in [0.1, 0.15) is 5.82 Å². The Bertz CT molecular complexity index is 862. The van der Waals surface area contributed by atoms with Gasteiger partial charge in [0, 0.05) is 29.2 Å². The fourth-order valence-electron chi connectivity index (χ4n) is 2.84. The van der Waals surface area contributed by atoms with E-state index in [1.54, 1.807) is 6.07 Å². The molecule has 0 radical (unpaired) electrons. The third-order valence-corrected chi connectivity index (χ3v) is 4.37. The topological polar surface area (TPSA) is 84.7 Å². The van der Waals surface area contributed by atoms with Gasteiger partial charge in [0.25, 0.3) is 11.8 Å². The highest BCUT2D eigenvalue weighted by Crippen LogP contribution is 2.39. The maximum atomic E-state index is 13.9. The third kappa shape index (κ3) is 3.45. The van der Waals surface area contributed by atoms with Crippen molar-refractivity contribution in [3.8, 4) is 0 Å². The van der Waals surface area contributed by atoms with Crippen LogP contribution in [0.25, 0.3) is 0 Å². The Hall–Kier alpha value is -2.74. The minimum atomic E-state index is -0.630. The smallest absolute Gasteiger partial charge is 0.294 e. The molecule has 1 atom stereocenters. The maximum absolute atomic E-state index is 13.9. The molecule has 8 heteroatoms. The lowest BCUT2D eigenvalue weighted by Gasteiger charge is -2.15. The number of carbonyl (C=O) groups excluding carboxylic acids is 2. The molecular formula is C18H18FN3O4. The van der Waals surface area contributed by atoms with E-state index in [1.165, 1.54) is 11.1 Å². The highest BCUT2D eigenvalue weighted by Gasteiger charge is 2.29. The van der Waals surface area contributed by atoms with Crippen molar-refractivity contribution in [2.75, 3.05) is 18.5 Å². The minimum absolute atomic E-state index is 0.0562. The number of aromatic nitrogens is 1. The summed E-state index contributed by atoms with van der Waals surface area (Å²) >= 11 is 0. The molecule has 1 aliphatic heterocycles. The molecule has 2 fully saturated rings. The molecule has 1 saturated heterocycles. The number of amides is 2. The van der Waals surface area contributed by atoms with Gasteiger partial charge in [0.2, 0.25) is 5.76 Å². The Kier molecular flexibility index (Phi) is 4.20. The van der Waals surface area contributed by atoms with Crippen molar-refractivity contribution < 1.29 is 23.3 Å². The first kappa shape index (κ1) is 16.7. The Morgan fingerprint density at radius 1 is 1.27 bits per heavy atom. The molecule has 136 valence electrons. The van der Waals surface area contributed by atoms with Gasteiger partial charge in [0.05, 0.1) is 18.8 Å². The van der Waals surface area contributed by atoms with Crippen molar-refractivity contribution >= 4 is 17.5 Å². The Labute approximate surface area is 149 Å². The molecule has 1 N–H and O–H groups in total. The molecule has 2 heterocycles. The summed E-state index contributed by atoms with van der Waals surface area (Å²) in [5.41, 5.74) is 1.02. The number of nitrogens with zero attached hydrogens (tertiary/aromatic N) is 2. The van der Waals surface area contributed by atoms with Gasteiger partial charge in [-0.05, 0) is 31.0 Å². The quantitative estimate of drug-likeness (QED) is 0.907. The molecule has 0 bridgehead atoms. The standard InChI is InChI=1S/C18H18FN3O4/c1-10-8-22(25-9-10)18(24)12-4-13(19)6-14(5-12)20-17(23)16-7-15(21-26-16)11-2-3-11/h4-7,10-11H,2-3,8-9H2,1H3,(H,20,23). The van der Waals surface area contributed by atoms with Crippen molar-refractivity contribution in [3.05, 3.63) is 47.1 Å².